The quantitative estimate of drug-likeness (QED) is 0.757. The molecule has 1 saturated heterocycles. The number of rotatable bonds is 5. The fourth-order valence-electron chi connectivity index (χ4n) is 4.61. The number of aryl methyl sites for hydroxylation is 1. The zero-order chi connectivity index (χ0) is 20.4. The molecule has 1 aromatic heterocycles. The van der Waals surface area contributed by atoms with Gasteiger partial charge in [0.1, 0.15) is 5.82 Å². The van der Waals surface area contributed by atoms with Crippen molar-refractivity contribution in [2.75, 3.05) is 37.1 Å². The van der Waals surface area contributed by atoms with Crippen molar-refractivity contribution in [2.24, 2.45) is 0 Å². The topological polar surface area (TPSA) is 50.7 Å². The number of fused-ring (bicyclic) bond motifs is 1. The van der Waals surface area contributed by atoms with E-state index in [1.165, 1.54) is 30.4 Å². The number of benzene rings is 1. The molecule has 0 aliphatic carbocycles. The van der Waals surface area contributed by atoms with Gasteiger partial charge in [-0.2, -0.15) is 4.98 Å². The zero-order valence-electron chi connectivity index (χ0n) is 18.1. The van der Waals surface area contributed by atoms with Gasteiger partial charge in [0.15, 0.2) is 11.5 Å². The lowest BCUT2D eigenvalue weighted by Crippen LogP contribution is -2.40. The predicted molar refractivity (Wildman–Crippen MR) is 116 cm³/mol. The van der Waals surface area contributed by atoms with Gasteiger partial charge in [0.25, 0.3) is 0 Å². The normalized spacial score (nSPS) is 19.1. The van der Waals surface area contributed by atoms with Crippen LogP contribution in [-0.2, 0) is 13.0 Å². The van der Waals surface area contributed by atoms with Crippen molar-refractivity contribution in [3.8, 4) is 11.5 Å². The summed E-state index contributed by atoms with van der Waals surface area (Å²) in [5.74, 6) is 3.49. The number of anilines is 2. The smallest absolute Gasteiger partial charge is 0.227 e. The van der Waals surface area contributed by atoms with Crippen LogP contribution < -0.4 is 19.3 Å². The molecule has 0 radical (unpaired) electrons. The minimum Gasteiger partial charge on any atom is -0.493 e. The Morgan fingerprint density at radius 3 is 2.48 bits per heavy atom. The van der Waals surface area contributed by atoms with Gasteiger partial charge in [-0.05, 0) is 62.3 Å². The summed E-state index contributed by atoms with van der Waals surface area (Å²) in [6.07, 6.45) is 5.93. The highest BCUT2D eigenvalue weighted by Crippen LogP contribution is 2.34. The van der Waals surface area contributed by atoms with Crippen molar-refractivity contribution in [1.82, 2.24) is 9.97 Å². The van der Waals surface area contributed by atoms with Crippen molar-refractivity contribution >= 4 is 11.8 Å². The van der Waals surface area contributed by atoms with Gasteiger partial charge in [-0.15, -0.1) is 0 Å². The number of methoxy groups -OCH3 is 2. The van der Waals surface area contributed by atoms with Crippen molar-refractivity contribution < 1.29 is 9.47 Å². The Bertz CT molecular complexity index is 870. The standard InChI is InChI=1S/C23H32N4O2/c1-5-19-8-6-7-10-27(19)22-12-16(2)24-23(25-22)26-11-9-17-13-20(28-3)21(29-4)14-18(17)15-26/h12-14,19H,5-11,15H2,1-4H3. The van der Waals surface area contributed by atoms with Crippen molar-refractivity contribution in [2.45, 2.75) is 58.5 Å². The summed E-state index contributed by atoms with van der Waals surface area (Å²) in [6, 6.07) is 6.93. The molecular weight excluding hydrogens is 364 g/mol. The highest BCUT2D eigenvalue weighted by atomic mass is 16.5. The summed E-state index contributed by atoms with van der Waals surface area (Å²) < 4.78 is 11.0. The molecule has 0 bridgehead atoms. The van der Waals surface area contributed by atoms with E-state index in [9.17, 15) is 0 Å². The largest absolute Gasteiger partial charge is 0.493 e. The Morgan fingerprint density at radius 1 is 1.00 bits per heavy atom. The number of hydrogen-bond donors (Lipinski definition) is 0. The third kappa shape index (κ3) is 3.98. The summed E-state index contributed by atoms with van der Waals surface area (Å²) in [5.41, 5.74) is 3.60. The first-order chi connectivity index (χ1) is 14.1. The third-order valence-electron chi connectivity index (χ3n) is 6.22. The first-order valence-electron chi connectivity index (χ1n) is 10.7. The Labute approximate surface area is 173 Å². The Hall–Kier alpha value is -2.50. The molecule has 6 heteroatoms. The molecule has 0 spiro atoms. The summed E-state index contributed by atoms with van der Waals surface area (Å²) in [6.45, 7) is 7.14. The number of nitrogens with zero attached hydrogens (tertiary/aromatic N) is 4. The second kappa shape index (κ2) is 8.47. The number of piperidine rings is 1. The van der Waals surface area contributed by atoms with Crippen molar-refractivity contribution in [1.29, 1.82) is 0 Å². The Kier molecular flexibility index (Phi) is 5.79. The van der Waals surface area contributed by atoms with Gasteiger partial charge in [-0.1, -0.05) is 6.92 Å². The van der Waals surface area contributed by atoms with Crippen LogP contribution in [0.3, 0.4) is 0 Å². The molecule has 1 aromatic carbocycles. The Balaban J connectivity index is 1.62. The van der Waals surface area contributed by atoms with Crippen molar-refractivity contribution in [3.63, 3.8) is 0 Å². The summed E-state index contributed by atoms with van der Waals surface area (Å²) in [5, 5.41) is 0. The van der Waals surface area contributed by atoms with Crippen molar-refractivity contribution in [3.05, 3.63) is 35.0 Å². The summed E-state index contributed by atoms with van der Waals surface area (Å²) >= 11 is 0. The predicted octanol–water partition coefficient (Wildman–Crippen LogP) is 4.13. The lowest BCUT2D eigenvalue weighted by Gasteiger charge is -2.37. The fourth-order valence-corrected chi connectivity index (χ4v) is 4.61. The maximum absolute atomic E-state index is 5.50. The zero-order valence-corrected chi connectivity index (χ0v) is 18.1. The number of aromatic nitrogens is 2. The van der Waals surface area contributed by atoms with Crippen LogP contribution in [0.1, 0.15) is 49.4 Å². The molecule has 2 aliphatic heterocycles. The Morgan fingerprint density at radius 2 is 1.76 bits per heavy atom. The lowest BCUT2D eigenvalue weighted by atomic mass is 9.99. The van der Waals surface area contributed by atoms with E-state index in [1.54, 1.807) is 14.2 Å². The first kappa shape index (κ1) is 19.8. The fraction of sp³-hybridized carbons (Fsp3) is 0.565. The molecule has 3 heterocycles. The lowest BCUT2D eigenvalue weighted by molar-refractivity contribution is 0.353. The van der Waals surface area contributed by atoms with E-state index in [0.29, 0.717) is 6.04 Å². The molecule has 29 heavy (non-hydrogen) atoms. The van der Waals surface area contributed by atoms with Crippen LogP contribution in [0.5, 0.6) is 11.5 Å². The van der Waals surface area contributed by atoms with Gasteiger partial charge >= 0.3 is 0 Å². The van der Waals surface area contributed by atoms with Crippen LogP contribution in [-0.4, -0.2) is 43.3 Å². The van der Waals surface area contributed by atoms with Gasteiger partial charge < -0.3 is 19.3 Å². The maximum atomic E-state index is 5.50. The van der Waals surface area contributed by atoms with Crippen LogP contribution in [0.25, 0.3) is 0 Å². The van der Waals surface area contributed by atoms with E-state index in [-0.39, 0.29) is 0 Å². The average molecular weight is 397 g/mol. The molecule has 0 amide bonds. The molecule has 4 rings (SSSR count). The highest BCUT2D eigenvalue weighted by molar-refractivity contribution is 5.52. The van der Waals surface area contributed by atoms with Crippen LogP contribution >= 0.6 is 0 Å². The van der Waals surface area contributed by atoms with E-state index in [2.05, 4.69) is 41.8 Å². The SMILES string of the molecule is CCC1CCCCN1c1cc(C)nc(N2CCc3cc(OC)c(OC)cc3C2)n1. The van der Waals surface area contributed by atoms with Crippen LogP contribution in [0.4, 0.5) is 11.8 Å². The molecule has 156 valence electrons. The van der Waals surface area contributed by atoms with Crippen LogP contribution in [0.2, 0.25) is 0 Å². The van der Waals surface area contributed by atoms with Gasteiger partial charge in [0, 0.05) is 37.4 Å². The molecule has 2 aliphatic rings. The van der Waals surface area contributed by atoms with E-state index >= 15 is 0 Å². The molecule has 1 unspecified atom stereocenters. The molecule has 0 N–H and O–H groups in total. The van der Waals surface area contributed by atoms with Crippen LogP contribution in [0, 0.1) is 6.92 Å². The van der Waals surface area contributed by atoms with Gasteiger partial charge in [-0.25, -0.2) is 4.98 Å². The first-order valence-corrected chi connectivity index (χ1v) is 10.7. The van der Waals surface area contributed by atoms with Gasteiger partial charge in [0.05, 0.1) is 14.2 Å². The number of ether oxygens (including phenoxy) is 2. The van der Waals surface area contributed by atoms with Gasteiger partial charge in [0.2, 0.25) is 5.95 Å². The average Bonchev–Trinajstić information content (AvgIpc) is 2.77. The summed E-state index contributed by atoms with van der Waals surface area (Å²) in [7, 11) is 3.37. The summed E-state index contributed by atoms with van der Waals surface area (Å²) in [4.78, 5) is 14.6. The molecular formula is C23H32N4O2. The van der Waals surface area contributed by atoms with E-state index in [0.717, 1.165) is 61.4 Å². The molecule has 6 nitrogen and oxygen atoms in total. The second-order valence-corrected chi connectivity index (χ2v) is 8.07. The van der Waals surface area contributed by atoms with E-state index < -0.39 is 0 Å². The van der Waals surface area contributed by atoms with Gasteiger partial charge in [-0.3, -0.25) is 0 Å². The molecule has 0 saturated carbocycles. The monoisotopic (exact) mass is 396 g/mol. The van der Waals surface area contributed by atoms with Crippen LogP contribution in [0.15, 0.2) is 18.2 Å². The molecule has 1 atom stereocenters. The minimum absolute atomic E-state index is 0.588. The number of hydrogen-bond acceptors (Lipinski definition) is 6. The third-order valence-corrected chi connectivity index (χ3v) is 6.22. The second-order valence-electron chi connectivity index (χ2n) is 8.07. The maximum Gasteiger partial charge on any atom is 0.227 e. The minimum atomic E-state index is 0.588. The van der Waals surface area contributed by atoms with E-state index in [1.807, 2.05) is 0 Å². The van der Waals surface area contributed by atoms with E-state index in [4.69, 9.17) is 19.4 Å². The highest BCUT2D eigenvalue weighted by Gasteiger charge is 2.25. The molecule has 2 aromatic rings. The molecule has 1 fully saturated rings.